The van der Waals surface area contributed by atoms with Gasteiger partial charge in [0.25, 0.3) is 0 Å². The first-order chi connectivity index (χ1) is 11.0. The van der Waals surface area contributed by atoms with Crippen LogP contribution in [0.15, 0.2) is 36.4 Å². The predicted octanol–water partition coefficient (Wildman–Crippen LogP) is 5.50. The molecule has 1 N–H and O–H groups in total. The summed E-state index contributed by atoms with van der Waals surface area (Å²) in [5, 5.41) is 4.60. The SMILES string of the molecule is COc1cc(CNC(C)C)cc(Cl)c1OCc1ccc(Cl)cc1.Cl. The van der Waals surface area contributed by atoms with E-state index in [4.69, 9.17) is 32.7 Å². The molecule has 0 saturated heterocycles. The number of nitrogens with one attached hydrogen (secondary N) is 1. The number of methoxy groups -OCH3 is 1. The maximum atomic E-state index is 6.37. The molecule has 0 heterocycles. The zero-order valence-corrected chi connectivity index (χ0v) is 16.3. The fourth-order valence-electron chi connectivity index (χ4n) is 2.07. The van der Waals surface area contributed by atoms with Crippen molar-refractivity contribution in [2.45, 2.75) is 33.0 Å². The van der Waals surface area contributed by atoms with E-state index in [-0.39, 0.29) is 12.4 Å². The van der Waals surface area contributed by atoms with Crippen molar-refractivity contribution in [2.75, 3.05) is 7.11 Å². The lowest BCUT2D eigenvalue weighted by Gasteiger charge is -2.15. The molecule has 0 aliphatic heterocycles. The average molecular weight is 391 g/mol. The summed E-state index contributed by atoms with van der Waals surface area (Å²) in [5.74, 6) is 1.18. The molecule has 2 aromatic carbocycles. The number of benzene rings is 2. The van der Waals surface area contributed by atoms with Gasteiger partial charge in [-0.1, -0.05) is 49.2 Å². The van der Waals surface area contributed by atoms with Gasteiger partial charge in [0.15, 0.2) is 11.5 Å². The Bertz CT molecular complexity index is 645. The molecule has 0 amide bonds. The number of hydrogen-bond acceptors (Lipinski definition) is 3. The molecule has 2 aromatic rings. The van der Waals surface area contributed by atoms with Gasteiger partial charge in [-0.15, -0.1) is 12.4 Å². The largest absolute Gasteiger partial charge is 0.493 e. The zero-order chi connectivity index (χ0) is 16.8. The summed E-state index contributed by atoms with van der Waals surface area (Å²) < 4.78 is 11.3. The van der Waals surface area contributed by atoms with E-state index in [2.05, 4.69) is 19.2 Å². The van der Waals surface area contributed by atoms with Gasteiger partial charge in [0, 0.05) is 17.6 Å². The standard InChI is InChI=1S/C18H21Cl2NO2.ClH/c1-12(2)21-10-14-8-16(20)18(17(9-14)22-3)23-11-13-4-6-15(19)7-5-13;/h4-9,12,21H,10-11H2,1-3H3;1H. The Kier molecular flexibility index (Phi) is 8.71. The van der Waals surface area contributed by atoms with Crippen LogP contribution in [0.5, 0.6) is 11.5 Å². The summed E-state index contributed by atoms with van der Waals surface area (Å²) in [6.45, 7) is 5.33. The quantitative estimate of drug-likeness (QED) is 0.677. The number of hydrogen-bond donors (Lipinski definition) is 1. The molecule has 2 rings (SSSR count). The van der Waals surface area contributed by atoms with Gasteiger partial charge < -0.3 is 14.8 Å². The van der Waals surface area contributed by atoms with E-state index >= 15 is 0 Å². The Morgan fingerprint density at radius 1 is 1.04 bits per heavy atom. The molecule has 0 radical (unpaired) electrons. The van der Waals surface area contributed by atoms with Crippen molar-refractivity contribution in [3.05, 3.63) is 57.6 Å². The Hall–Kier alpha value is -1.13. The minimum Gasteiger partial charge on any atom is -0.493 e. The third-order valence-corrected chi connectivity index (χ3v) is 3.83. The van der Waals surface area contributed by atoms with Gasteiger partial charge in [-0.05, 0) is 35.4 Å². The molecule has 0 aliphatic rings. The van der Waals surface area contributed by atoms with Crippen LogP contribution < -0.4 is 14.8 Å². The monoisotopic (exact) mass is 389 g/mol. The van der Waals surface area contributed by atoms with Gasteiger partial charge in [-0.25, -0.2) is 0 Å². The molecular formula is C18H22Cl3NO2. The van der Waals surface area contributed by atoms with E-state index in [0.29, 0.717) is 34.2 Å². The zero-order valence-electron chi connectivity index (χ0n) is 13.9. The summed E-state index contributed by atoms with van der Waals surface area (Å²) in [7, 11) is 1.61. The highest BCUT2D eigenvalue weighted by Crippen LogP contribution is 2.37. The van der Waals surface area contributed by atoms with Gasteiger partial charge in [0.1, 0.15) is 6.61 Å². The first-order valence-corrected chi connectivity index (χ1v) is 8.22. The maximum Gasteiger partial charge on any atom is 0.180 e. The van der Waals surface area contributed by atoms with E-state index in [1.165, 1.54) is 0 Å². The van der Waals surface area contributed by atoms with Crippen molar-refractivity contribution in [1.29, 1.82) is 0 Å². The lowest BCUT2D eigenvalue weighted by molar-refractivity contribution is 0.284. The van der Waals surface area contributed by atoms with E-state index in [9.17, 15) is 0 Å². The van der Waals surface area contributed by atoms with Crippen LogP contribution >= 0.6 is 35.6 Å². The van der Waals surface area contributed by atoms with Gasteiger partial charge in [0.05, 0.1) is 12.1 Å². The smallest absolute Gasteiger partial charge is 0.180 e. The highest BCUT2D eigenvalue weighted by molar-refractivity contribution is 6.32. The lowest BCUT2D eigenvalue weighted by Crippen LogP contribution is -2.21. The molecule has 0 bridgehead atoms. The number of ether oxygens (including phenoxy) is 2. The van der Waals surface area contributed by atoms with Crippen LogP contribution in [-0.2, 0) is 13.2 Å². The first kappa shape index (κ1) is 20.9. The topological polar surface area (TPSA) is 30.5 Å². The van der Waals surface area contributed by atoms with E-state index in [1.54, 1.807) is 7.11 Å². The number of rotatable bonds is 7. The summed E-state index contributed by atoms with van der Waals surface area (Å²) >= 11 is 12.2. The van der Waals surface area contributed by atoms with Gasteiger partial charge in [-0.2, -0.15) is 0 Å². The molecule has 0 fully saturated rings. The first-order valence-electron chi connectivity index (χ1n) is 7.46. The van der Waals surface area contributed by atoms with Crippen LogP contribution in [0.25, 0.3) is 0 Å². The Morgan fingerprint density at radius 3 is 2.29 bits per heavy atom. The lowest BCUT2D eigenvalue weighted by atomic mass is 10.2. The second kappa shape index (κ2) is 10.00. The van der Waals surface area contributed by atoms with Crippen molar-refractivity contribution in [3.63, 3.8) is 0 Å². The van der Waals surface area contributed by atoms with Crippen LogP contribution in [0, 0.1) is 0 Å². The van der Waals surface area contributed by atoms with Crippen molar-refractivity contribution < 1.29 is 9.47 Å². The van der Waals surface area contributed by atoms with Gasteiger partial charge in [0.2, 0.25) is 0 Å². The van der Waals surface area contributed by atoms with Gasteiger partial charge >= 0.3 is 0 Å². The summed E-state index contributed by atoms with van der Waals surface area (Å²) in [6.07, 6.45) is 0. The fourth-order valence-corrected chi connectivity index (χ4v) is 2.49. The molecule has 132 valence electrons. The summed E-state index contributed by atoms with van der Waals surface area (Å²) in [4.78, 5) is 0. The minimum absolute atomic E-state index is 0. The molecular weight excluding hydrogens is 369 g/mol. The van der Waals surface area contributed by atoms with Crippen molar-refractivity contribution in [3.8, 4) is 11.5 Å². The number of halogens is 3. The van der Waals surface area contributed by atoms with Crippen molar-refractivity contribution in [1.82, 2.24) is 5.32 Å². The fraction of sp³-hybridized carbons (Fsp3) is 0.333. The van der Waals surface area contributed by atoms with E-state index < -0.39 is 0 Å². The van der Waals surface area contributed by atoms with Crippen LogP contribution in [0.3, 0.4) is 0 Å². The highest BCUT2D eigenvalue weighted by Gasteiger charge is 2.12. The average Bonchev–Trinajstić information content (AvgIpc) is 2.53. The third-order valence-electron chi connectivity index (χ3n) is 3.30. The van der Waals surface area contributed by atoms with Crippen LogP contribution in [0.4, 0.5) is 0 Å². The maximum absolute atomic E-state index is 6.37. The van der Waals surface area contributed by atoms with Crippen molar-refractivity contribution in [2.24, 2.45) is 0 Å². The van der Waals surface area contributed by atoms with Crippen LogP contribution in [0.2, 0.25) is 10.0 Å². The van der Waals surface area contributed by atoms with E-state index in [0.717, 1.165) is 17.7 Å². The molecule has 3 nitrogen and oxygen atoms in total. The van der Waals surface area contributed by atoms with Crippen LogP contribution in [-0.4, -0.2) is 13.2 Å². The van der Waals surface area contributed by atoms with Gasteiger partial charge in [-0.3, -0.25) is 0 Å². The Morgan fingerprint density at radius 2 is 1.71 bits per heavy atom. The van der Waals surface area contributed by atoms with E-state index in [1.807, 2.05) is 36.4 Å². The third kappa shape index (κ3) is 6.06. The second-order valence-corrected chi connectivity index (χ2v) is 6.40. The molecule has 0 unspecified atom stereocenters. The molecule has 0 atom stereocenters. The highest BCUT2D eigenvalue weighted by atomic mass is 35.5. The second-order valence-electron chi connectivity index (χ2n) is 5.56. The predicted molar refractivity (Wildman–Crippen MR) is 103 cm³/mol. The molecule has 0 saturated carbocycles. The molecule has 0 spiro atoms. The minimum atomic E-state index is 0. The molecule has 24 heavy (non-hydrogen) atoms. The van der Waals surface area contributed by atoms with Crippen molar-refractivity contribution >= 4 is 35.6 Å². The molecule has 6 heteroatoms. The summed E-state index contributed by atoms with van der Waals surface area (Å²) in [5.41, 5.74) is 2.07. The van der Waals surface area contributed by atoms with Crippen LogP contribution in [0.1, 0.15) is 25.0 Å². The molecule has 0 aliphatic carbocycles. The summed E-state index contributed by atoms with van der Waals surface area (Å²) in [6, 6.07) is 11.8. The Balaban J connectivity index is 0.00000288. The Labute approximate surface area is 159 Å². The molecule has 0 aromatic heterocycles. The normalized spacial score (nSPS) is 10.4.